The molecule has 1 heterocycles. The first-order valence-electron chi connectivity index (χ1n) is 9.39. The molecule has 6 nitrogen and oxygen atoms in total. The second kappa shape index (κ2) is 8.82. The van der Waals surface area contributed by atoms with Gasteiger partial charge in [0.1, 0.15) is 5.69 Å². The smallest absolute Gasteiger partial charge is 0.354 e. The van der Waals surface area contributed by atoms with Crippen molar-refractivity contribution in [3.63, 3.8) is 0 Å². The monoisotopic (exact) mass is 418 g/mol. The number of rotatable bonds is 6. The Hall–Kier alpha value is -2.60. The minimum absolute atomic E-state index is 0.207. The first kappa shape index (κ1) is 22.7. The summed E-state index contributed by atoms with van der Waals surface area (Å²) in [5, 5.41) is 0.535. The van der Waals surface area contributed by atoms with Gasteiger partial charge in [-0.2, -0.15) is 0 Å². The molecule has 0 fully saturated rings. The van der Waals surface area contributed by atoms with Crippen LogP contribution in [0.1, 0.15) is 63.2 Å². The molecule has 0 spiro atoms. The molecule has 0 radical (unpaired) electrons. The summed E-state index contributed by atoms with van der Waals surface area (Å²) in [6, 6.07) is 5.66. The van der Waals surface area contributed by atoms with E-state index in [0.29, 0.717) is 33.1 Å². The number of benzene rings is 1. The Morgan fingerprint density at radius 3 is 2.10 bits per heavy atom. The number of aromatic nitrogens is 1. The zero-order chi connectivity index (χ0) is 22.0. The van der Waals surface area contributed by atoms with Crippen LogP contribution in [0.4, 0.5) is 0 Å². The summed E-state index contributed by atoms with van der Waals surface area (Å²) in [5.74, 6) is -0.975. The van der Waals surface area contributed by atoms with Gasteiger partial charge in [0.05, 0.1) is 13.2 Å². The van der Waals surface area contributed by atoms with Gasteiger partial charge in [0.2, 0.25) is 0 Å². The number of hydrogen-bond donors (Lipinski definition) is 0. The lowest BCUT2D eigenvalue weighted by Gasteiger charge is -2.32. The number of carbonyl (C=O) groups excluding carboxylic acids is 3. The van der Waals surface area contributed by atoms with Crippen LogP contribution in [0, 0.1) is 13.8 Å². The summed E-state index contributed by atoms with van der Waals surface area (Å²) >= 11 is 5.92. The average molecular weight is 419 g/mol. The van der Waals surface area contributed by atoms with Crippen molar-refractivity contribution in [3.05, 3.63) is 57.4 Å². The predicted octanol–water partition coefficient (Wildman–Crippen LogP) is 4.20. The Balaban J connectivity index is 2.47. The number of methoxy groups -OCH3 is 1. The summed E-state index contributed by atoms with van der Waals surface area (Å²) in [6.07, 6.45) is 0. The number of halogens is 1. The lowest BCUT2D eigenvalue weighted by atomic mass is 9.98. The molecule has 1 atom stereocenters. The Labute approximate surface area is 176 Å². The van der Waals surface area contributed by atoms with E-state index in [0.717, 1.165) is 0 Å². The molecule has 0 unspecified atom stereocenters. The van der Waals surface area contributed by atoms with E-state index in [1.165, 1.54) is 7.11 Å². The maximum atomic E-state index is 13.4. The highest BCUT2D eigenvalue weighted by Gasteiger charge is 2.33. The molecule has 0 N–H and O–H groups in total. The third-order valence-electron chi connectivity index (χ3n) is 5.23. The van der Waals surface area contributed by atoms with E-state index in [1.807, 2.05) is 13.8 Å². The van der Waals surface area contributed by atoms with Gasteiger partial charge in [-0.3, -0.25) is 9.59 Å². The third-order valence-corrected chi connectivity index (χ3v) is 5.49. The van der Waals surface area contributed by atoms with Crippen LogP contribution >= 0.6 is 11.6 Å². The highest BCUT2D eigenvalue weighted by molar-refractivity contribution is 6.30. The van der Waals surface area contributed by atoms with Crippen molar-refractivity contribution >= 4 is 29.3 Å². The van der Waals surface area contributed by atoms with Gasteiger partial charge in [0.25, 0.3) is 5.91 Å². The summed E-state index contributed by atoms with van der Waals surface area (Å²) in [4.78, 5) is 40.2. The molecule has 1 amide bonds. The first-order chi connectivity index (χ1) is 13.5. The van der Waals surface area contributed by atoms with Crippen LogP contribution in [0.15, 0.2) is 24.3 Å². The van der Waals surface area contributed by atoms with Gasteiger partial charge in [-0.1, -0.05) is 11.6 Å². The molecular formula is C22H27ClN2O4. The number of esters is 1. The van der Waals surface area contributed by atoms with Gasteiger partial charge in [0.15, 0.2) is 5.78 Å². The summed E-state index contributed by atoms with van der Waals surface area (Å²) in [5.41, 5.74) is 2.44. The predicted molar refractivity (Wildman–Crippen MR) is 113 cm³/mol. The van der Waals surface area contributed by atoms with Gasteiger partial charge in [-0.15, -0.1) is 0 Å². The Bertz CT molecular complexity index is 945. The summed E-state index contributed by atoms with van der Waals surface area (Å²) in [6.45, 7) is 8.93. The van der Waals surface area contributed by atoms with E-state index in [-0.39, 0.29) is 17.7 Å². The van der Waals surface area contributed by atoms with Crippen molar-refractivity contribution in [2.45, 2.75) is 46.7 Å². The van der Waals surface area contributed by atoms with Crippen molar-refractivity contribution in [2.24, 2.45) is 7.05 Å². The molecule has 0 aliphatic carbocycles. The van der Waals surface area contributed by atoms with Crippen molar-refractivity contribution < 1.29 is 19.1 Å². The maximum absolute atomic E-state index is 13.4. The van der Waals surface area contributed by atoms with Gasteiger partial charge in [0, 0.05) is 34.9 Å². The van der Waals surface area contributed by atoms with Crippen LogP contribution in [0.5, 0.6) is 0 Å². The van der Waals surface area contributed by atoms with Gasteiger partial charge < -0.3 is 14.2 Å². The molecule has 0 saturated carbocycles. The molecule has 0 saturated heterocycles. The minimum Gasteiger partial charge on any atom is -0.464 e. The number of ketones is 1. The number of amides is 1. The average Bonchev–Trinajstić information content (AvgIpc) is 2.89. The van der Waals surface area contributed by atoms with Crippen LogP contribution in [-0.4, -0.2) is 46.3 Å². The summed E-state index contributed by atoms with van der Waals surface area (Å²) < 4.78 is 6.51. The zero-order valence-corrected chi connectivity index (χ0v) is 18.6. The van der Waals surface area contributed by atoms with E-state index in [4.69, 9.17) is 16.3 Å². The molecule has 29 heavy (non-hydrogen) atoms. The molecule has 7 heteroatoms. The number of ether oxygens (including phenoxy) is 1. The van der Waals surface area contributed by atoms with Crippen molar-refractivity contribution in [1.82, 2.24) is 9.47 Å². The summed E-state index contributed by atoms with van der Waals surface area (Å²) in [7, 11) is 3.02. The molecule has 2 rings (SSSR count). The fourth-order valence-corrected chi connectivity index (χ4v) is 3.79. The molecule has 1 aromatic heterocycles. The normalized spacial score (nSPS) is 12.0. The number of Topliss-reactive ketones (excluding diaryl/α,β-unsaturated/α-hetero) is 1. The Kier molecular flexibility index (Phi) is 6.90. The largest absolute Gasteiger partial charge is 0.464 e. The third kappa shape index (κ3) is 4.22. The lowest BCUT2D eigenvalue weighted by molar-refractivity contribution is 0.0565. The van der Waals surface area contributed by atoms with Crippen LogP contribution in [0.3, 0.4) is 0 Å². The van der Waals surface area contributed by atoms with Crippen molar-refractivity contribution in [3.8, 4) is 0 Å². The quantitative estimate of drug-likeness (QED) is 0.520. The Morgan fingerprint density at radius 2 is 1.62 bits per heavy atom. The van der Waals surface area contributed by atoms with E-state index >= 15 is 0 Å². The SMILES string of the molecule is COC(=O)c1c(C)c(C(=O)[C@H](C)N(C(=O)c2ccc(Cl)cc2)C(C)C)c(C)n1C. The van der Waals surface area contributed by atoms with Crippen molar-refractivity contribution in [2.75, 3.05) is 7.11 Å². The maximum Gasteiger partial charge on any atom is 0.354 e. The van der Waals surface area contributed by atoms with Crippen LogP contribution < -0.4 is 0 Å². The molecular weight excluding hydrogens is 392 g/mol. The fourth-order valence-electron chi connectivity index (χ4n) is 3.66. The zero-order valence-electron chi connectivity index (χ0n) is 17.9. The van der Waals surface area contributed by atoms with Gasteiger partial charge >= 0.3 is 5.97 Å². The molecule has 156 valence electrons. The minimum atomic E-state index is -0.719. The van der Waals surface area contributed by atoms with Gasteiger partial charge in [-0.25, -0.2) is 4.79 Å². The van der Waals surface area contributed by atoms with E-state index in [1.54, 1.807) is 61.6 Å². The van der Waals surface area contributed by atoms with Crippen LogP contribution in [-0.2, 0) is 11.8 Å². The second-order valence-electron chi connectivity index (χ2n) is 7.34. The number of nitrogens with zero attached hydrogens (tertiary/aromatic N) is 2. The number of carbonyl (C=O) groups is 3. The molecule has 0 bridgehead atoms. The molecule has 2 aromatic rings. The van der Waals surface area contributed by atoms with Crippen LogP contribution in [0.25, 0.3) is 0 Å². The van der Waals surface area contributed by atoms with E-state index in [2.05, 4.69) is 0 Å². The highest BCUT2D eigenvalue weighted by atomic mass is 35.5. The van der Waals surface area contributed by atoms with Crippen LogP contribution in [0.2, 0.25) is 5.02 Å². The molecule has 1 aromatic carbocycles. The van der Waals surface area contributed by atoms with Crippen molar-refractivity contribution in [1.29, 1.82) is 0 Å². The first-order valence-corrected chi connectivity index (χ1v) is 9.77. The van der Waals surface area contributed by atoms with Gasteiger partial charge in [-0.05, 0) is 64.4 Å². The number of hydrogen-bond acceptors (Lipinski definition) is 4. The lowest BCUT2D eigenvalue weighted by Crippen LogP contribution is -2.47. The Morgan fingerprint density at radius 1 is 1.07 bits per heavy atom. The fraction of sp³-hybridized carbons (Fsp3) is 0.409. The molecule has 0 aliphatic rings. The van der Waals surface area contributed by atoms with E-state index in [9.17, 15) is 14.4 Å². The topological polar surface area (TPSA) is 68.6 Å². The van der Waals surface area contributed by atoms with E-state index < -0.39 is 12.0 Å². The second-order valence-corrected chi connectivity index (χ2v) is 7.77. The molecule has 0 aliphatic heterocycles. The highest BCUT2D eigenvalue weighted by Crippen LogP contribution is 2.26. The standard InChI is InChI=1S/C22H27ClN2O4/c1-12(2)25(21(27)16-8-10-17(23)11-9-16)15(5)20(26)18-13(3)19(22(28)29-7)24(6)14(18)4/h8-12,15H,1-7H3/t15-/m0/s1.